The molecule has 0 saturated heterocycles. The van der Waals surface area contributed by atoms with Gasteiger partial charge in [0.1, 0.15) is 6.04 Å². The Morgan fingerprint density at radius 3 is 2.29 bits per heavy atom. The summed E-state index contributed by atoms with van der Waals surface area (Å²) in [6.45, 7) is -0.0314. The number of fused-ring (bicyclic) bond motifs is 1. The highest BCUT2D eigenvalue weighted by molar-refractivity contribution is 6.31. The smallest absolute Gasteiger partial charge is 0.407 e. The minimum atomic E-state index is -4.54. The van der Waals surface area contributed by atoms with E-state index in [2.05, 4.69) is 0 Å². The van der Waals surface area contributed by atoms with Crippen molar-refractivity contribution in [2.45, 2.75) is 12.2 Å². The van der Waals surface area contributed by atoms with Gasteiger partial charge in [-0.05, 0) is 6.07 Å². The molecule has 0 radical (unpaired) electrons. The molecule has 1 aromatic carbocycles. The third-order valence-corrected chi connectivity index (χ3v) is 2.51. The van der Waals surface area contributed by atoms with Gasteiger partial charge in [0, 0.05) is 16.7 Å². The first kappa shape index (κ1) is 14.2. The molecule has 0 fully saturated rings. The Morgan fingerprint density at radius 1 is 1.24 bits per heavy atom. The van der Waals surface area contributed by atoms with Crippen LogP contribution in [-0.2, 0) is 0 Å². The molecule has 96 valence electrons. The molecule has 0 amide bonds. The Balaban J connectivity index is 0.00000144. The highest BCUT2D eigenvalue weighted by Crippen LogP contribution is 2.41. The minimum Gasteiger partial charge on any atom is -0.454 e. The molecule has 2 rings (SSSR count). The number of halogens is 5. The minimum absolute atomic E-state index is 0. The molecular weight excluding hydrogens is 282 g/mol. The summed E-state index contributed by atoms with van der Waals surface area (Å²) < 4.78 is 47.2. The van der Waals surface area contributed by atoms with Crippen LogP contribution in [0.1, 0.15) is 11.6 Å². The predicted molar refractivity (Wildman–Crippen MR) is 57.8 cm³/mol. The third-order valence-electron chi connectivity index (χ3n) is 2.18. The molecule has 0 saturated carbocycles. The van der Waals surface area contributed by atoms with Crippen molar-refractivity contribution in [2.24, 2.45) is 5.73 Å². The van der Waals surface area contributed by atoms with Crippen LogP contribution in [0.5, 0.6) is 11.5 Å². The van der Waals surface area contributed by atoms with E-state index in [1.165, 1.54) is 6.07 Å². The van der Waals surface area contributed by atoms with E-state index in [-0.39, 0.29) is 35.5 Å². The normalized spacial score (nSPS) is 15.4. The number of hydrogen-bond donors (Lipinski definition) is 1. The summed E-state index contributed by atoms with van der Waals surface area (Å²) in [5, 5.41) is -0.0888. The highest BCUT2D eigenvalue weighted by Gasteiger charge is 2.39. The van der Waals surface area contributed by atoms with E-state index < -0.39 is 12.2 Å². The fourth-order valence-corrected chi connectivity index (χ4v) is 1.62. The second-order valence-corrected chi connectivity index (χ2v) is 3.65. The van der Waals surface area contributed by atoms with Gasteiger partial charge >= 0.3 is 6.18 Å². The lowest BCUT2D eigenvalue weighted by atomic mass is 10.1. The van der Waals surface area contributed by atoms with Crippen LogP contribution in [0.2, 0.25) is 5.02 Å². The van der Waals surface area contributed by atoms with E-state index in [0.717, 1.165) is 6.07 Å². The number of alkyl halides is 3. The van der Waals surface area contributed by atoms with Gasteiger partial charge in [0.25, 0.3) is 0 Å². The van der Waals surface area contributed by atoms with Gasteiger partial charge in [-0.3, -0.25) is 0 Å². The predicted octanol–water partition coefficient (Wildman–Crippen LogP) is 3.05. The summed E-state index contributed by atoms with van der Waals surface area (Å²) in [5.41, 5.74) is 4.84. The summed E-state index contributed by atoms with van der Waals surface area (Å²) in [4.78, 5) is 0. The number of benzene rings is 1. The number of nitrogens with two attached hydrogens (primary N) is 1. The number of rotatable bonds is 1. The zero-order chi connectivity index (χ0) is 11.9. The zero-order valence-electron chi connectivity index (χ0n) is 8.25. The van der Waals surface area contributed by atoms with Crippen molar-refractivity contribution in [3.8, 4) is 11.5 Å². The van der Waals surface area contributed by atoms with Gasteiger partial charge in [-0.2, -0.15) is 13.2 Å². The Morgan fingerprint density at radius 2 is 1.76 bits per heavy atom. The first-order chi connectivity index (χ1) is 7.39. The quantitative estimate of drug-likeness (QED) is 0.864. The van der Waals surface area contributed by atoms with Gasteiger partial charge in [0.05, 0.1) is 0 Å². The first-order valence-corrected chi connectivity index (χ1v) is 4.68. The standard InChI is InChI=1S/C9H7ClF3NO2.ClH/c10-5-2-7-6(15-3-16-7)1-4(5)8(14)9(11,12)13;/h1-2,8H,3,14H2;1H/t8-;/m0./s1. The fraction of sp³-hybridized carbons (Fsp3) is 0.333. The molecule has 1 aliphatic heterocycles. The summed E-state index contributed by atoms with van der Waals surface area (Å²) >= 11 is 5.69. The monoisotopic (exact) mass is 289 g/mol. The van der Waals surface area contributed by atoms with Crippen molar-refractivity contribution in [1.82, 2.24) is 0 Å². The van der Waals surface area contributed by atoms with Crippen molar-refractivity contribution in [3.63, 3.8) is 0 Å². The van der Waals surface area contributed by atoms with Gasteiger partial charge in [-0.1, -0.05) is 11.6 Å². The van der Waals surface area contributed by atoms with Crippen LogP contribution >= 0.6 is 24.0 Å². The topological polar surface area (TPSA) is 44.5 Å². The molecule has 17 heavy (non-hydrogen) atoms. The molecule has 1 heterocycles. The highest BCUT2D eigenvalue weighted by atomic mass is 35.5. The summed E-state index contributed by atoms with van der Waals surface area (Å²) in [6, 6.07) is 0.294. The molecule has 0 aromatic heterocycles. The van der Waals surface area contributed by atoms with Crippen LogP contribution in [0.3, 0.4) is 0 Å². The van der Waals surface area contributed by atoms with Crippen molar-refractivity contribution in [2.75, 3.05) is 6.79 Å². The van der Waals surface area contributed by atoms with Crippen LogP contribution in [-0.4, -0.2) is 13.0 Å². The molecule has 2 N–H and O–H groups in total. The van der Waals surface area contributed by atoms with Crippen LogP contribution in [0.25, 0.3) is 0 Å². The number of hydrogen-bond acceptors (Lipinski definition) is 3. The molecule has 0 unspecified atom stereocenters. The molecular formula is C9H8Cl2F3NO2. The largest absolute Gasteiger partial charge is 0.454 e. The van der Waals surface area contributed by atoms with Gasteiger partial charge in [0.2, 0.25) is 6.79 Å². The maximum Gasteiger partial charge on any atom is 0.407 e. The fourth-order valence-electron chi connectivity index (χ4n) is 1.35. The summed E-state index contributed by atoms with van der Waals surface area (Å²) in [5.74, 6) is 0.544. The molecule has 1 aromatic rings. The first-order valence-electron chi connectivity index (χ1n) is 4.31. The molecule has 1 aliphatic rings. The van der Waals surface area contributed by atoms with E-state index in [9.17, 15) is 13.2 Å². The van der Waals surface area contributed by atoms with Gasteiger partial charge < -0.3 is 15.2 Å². The second-order valence-electron chi connectivity index (χ2n) is 3.25. The van der Waals surface area contributed by atoms with E-state index >= 15 is 0 Å². The average Bonchev–Trinajstić information content (AvgIpc) is 2.60. The SMILES string of the molecule is Cl.N[C@@H](c1cc2c(cc1Cl)OCO2)C(F)(F)F. The van der Waals surface area contributed by atoms with Crippen LogP contribution in [0, 0.1) is 0 Å². The van der Waals surface area contributed by atoms with Gasteiger partial charge in [0.15, 0.2) is 11.5 Å². The van der Waals surface area contributed by atoms with E-state index in [0.29, 0.717) is 5.75 Å². The van der Waals surface area contributed by atoms with E-state index in [1.54, 1.807) is 0 Å². The Kier molecular flexibility index (Phi) is 4.01. The Labute approximate surface area is 106 Å². The van der Waals surface area contributed by atoms with Crippen LogP contribution in [0.15, 0.2) is 12.1 Å². The van der Waals surface area contributed by atoms with Crippen molar-refractivity contribution >= 4 is 24.0 Å². The lowest BCUT2D eigenvalue weighted by Crippen LogP contribution is -2.28. The molecule has 8 heteroatoms. The second kappa shape index (κ2) is 4.80. The van der Waals surface area contributed by atoms with Crippen molar-refractivity contribution in [3.05, 3.63) is 22.7 Å². The van der Waals surface area contributed by atoms with E-state index in [4.69, 9.17) is 26.8 Å². The van der Waals surface area contributed by atoms with Gasteiger partial charge in [-0.15, -0.1) is 12.4 Å². The van der Waals surface area contributed by atoms with Crippen molar-refractivity contribution in [1.29, 1.82) is 0 Å². The third kappa shape index (κ3) is 2.70. The summed E-state index contributed by atoms with van der Waals surface area (Å²) in [6.07, 6.45) is -4.54. The summed E-state index contributed by atoms with van der Waals surface area (Å²) in [7, 11) is 0. The lowest BCUT2D eigenvalue weighted by molar-refractivity contribution is -0.149. The molecule has 1 atom stereocenters. The zero-order valence-corrected chi connectivity index (χ0v) is 9.83. The Bertz CT molecular complexity index is 425. The average molecular weight is 290 g/mol. The van der Waals surface area contributed by atoms with Crippen LogP contribution < -0.4 is 15.2 Å². The van der Waals surface area contributed by atoms with Gasteiger partial charge in [-0.25, -0.2) is 0 Å². The lowest BCUT2D eigenvalue weighted by Gasteiger charge is -2.17. The molecule has 0 spiro atoms. The molecule has 0 aliphatic carbocycles. The molecule has 0 bridgehead atoms. The van der Waals surface area contributed by atoms with Crippen LogP contribution in [0.4, 0.5) is 13.2 Å². The maximum atomic E-state index is 12.4. The number of ether oxygens (including phenoxy) is 2. The van der Waals surface area contributed by atoms with Crippen molar-refractivity contribution < 1.29 is 22.6 Å². The Hall–Kier alpha value is -0.850. The van der Waals surface area contributed by atoms with E-state index in [1.807, 2.05) is 0 Å². The molecule has 3 nitrogen and oxygen atoms in total. The maximum absolute atomic E-state index is 12.4.